The van der Waals surface area contributed by atoms with Crippen LogP contribution in [0.4, 0.5) is 11.8 Å². The summed E-state index contributed by atoms with van der Waals surface area (Å²) in [6.07, 6.45) is 3.79. The van der Waals surface area contributed by atoms with Gasteiger partial charge in [0.15, 0.2) is 0 Å². The largest absolute Gasteiger partial charge is 0.354 e. The van der Waals surface area contributed by atoms with Crippen molar-refractivity contribution >= 4 is 17.7 Å². The number of hydrogen-bond donors (Lipinski definition) is 1. The van der Waals surface area contributed by atoms with Crippen molar-refractivity contribution in [3.8, 4) is 0 Å². The van der Waals surface area contributed by atoms with Crippen molar-refractivity contribution in [2.45, 2.75) is 33.1 Å². The third kappa shape index (κ3) is 5.12. The van der Waals surface area contributed by atoms with Crippen molar-refractivity contribution in [1.29, 1.82) is 0 Å². The van der Waals surface area contributed by atoms with Gasteiger partial charge in [-0.15, -0.1) is 0 Å². The normalized spacial score (nSPS) is 14.5. The number of carbonyl (C=O) groups is 1. The molecule has 2 aromatic rings. The smallest absolute Gasteiger partial charge is 0.224 e. The molecular weight excluding hydrogens is 342 g/mol. The van der Waals surface area contributed by atoms with Gasteiger partial charge in [-0.25, -0.2) is 19.9 Å². The highest BCUT2D eigenvalue weighted by Crippen LogP contribution is 2.18. The summed E-state index contributed by atoms with van der Waals surface area (Å²) in [5.74, 6) is 2.83. The van der Waals surface area contributed by atoms with Crippen LogP contribution in [0.15, 0.2) is 24.5 Å². The number of nitrogens with one attached hydrogen (secondary N) is 1. The fourth-order valence-corrected chi connectivity index (χ4v) is 3.01. The number of hydrogen-bond acceptors (Lipinski definition) is 7. The van der Waals surface area contributed by atoms with E-state index in [2.05, 4.69) is 39.0 Å². The summed E-state index contributed by atoms with van der Waals surface area (Å²) in [7, 11) is 0. The minimum atomic E-state index is 0.153. The summed E-state index contributed by atoms with van der Waals surface area (Å²) >= 11 is 0. The van der Waals surface area contributed by atoms with Crippen molar-refractivity contribution in [3.63, 3.8) is 0 Å². The Morgan fingerprint density at radius 3 is 2.52 bits per heavy atom. The second kappa shape index (κ2) is 8.75. The molecule has 1 fully saturated rings. The minimum absolute atomic E-state index is 0.153. The third-order valence-electron chi connectivity index (χ3n) is 4.52. The molecule has 1 amide bonds. The number of amides is 1. The molecule has 1 saturated heterocycles. The van der Waals surface area contributed by atoms with Gasteiger partial charge in [0.25, 0.3) is 0 Å². The summed E-state index contributed by atoms with van der Waals surface area (Å²) in [5, 5.41) is 3.08. The Balaban J connectivity index is 1.49. The quantitative estimate of drug-likeness (QED) is 0.831. The van der Waals surface area contributed by atoms with E-state index >= 15 is 0 Å². The van der Waals surface area contributed by atoms with E-state index < -0.39 is 0 Å². The highest BCUT2D eigenvalue weighted by molar-refractivity contribution is 5.77. The molecule has 3 rings (SSSR count). The predicted octanol–water partition coefficient (Wildman–Crippen LogP) is 1.85. The maximum atomic E-state index is 12.4. The minimum Gasteiger partial charge on any atom is -0.354 e. The van der Waals surface area contributed by atoms with Crippen LogP contribution in [0, 0.1) is 6.92 Å². The zero-order valence-electron chi connectivity index (χ0n) is 16.2. The molecule has 8 nitrogen and oxygen atoms in total. The Bertz CT molecular complexity index is 758. The van der Waals surface area contributed by atoms with Crippen LogP contribution in [0.5, 0.6) is 0 Å². The number of anilines is 2. The lowest BCUT2D eigenvalue weighted by Gasteiger charge is -2.35. The molecule has 0 spiro atoms. The second-order valence-corrected chi connectivity index (χ2v) is 7.00. The molecule has 0 aromatic carbocycles. The number of carbonyl (C=O) groups excluding carboxylic acids is 1. The van der Waals surface area contributed by atoms with Gasteiger partial charge in [-0.3, -0.25) is 4.79 Å². The van der Waals surface area contributed by atoms with Gasteiger partial charge < -0.3 is 15.1 Å². The van der Waals surface area contributed by atoms with E-state index in [0.29, 0.717) is 37.9 Å². The van der Waals surface area contributed by atoms with Crippen LogP contribution in [-0.4, -0.2) is 63.5 Å². The molecule has 1 aliphatic rings. The van der Waals surface area contributed by atoms with E-state index in [1.807, 2.05) is 17.9 Å². The fraction of sp³-hybridized carbons (Fsp3) is 0.526. The molecule has 1 N–H and O–H groups in total. The van der Waals surface area contributed by atoms with Gasteiger partial charge in [0.05, 0.1) is 0 Å². The molecule has 0 aliphatic carbocycles. The highest BCUT2D eigenvalue weighted by Gasteiger charge is 2.22. The molecule has 2 aromatic heterocycles. The fourth-order valence-electron chi connectivity index (χ4n) is 3.01. The van der Waals surface area contributed by atoms with Crippen LogP contribution in [0.3, 0.4) is 0 Å². The molecule has 3 heterocycles. The molecule has 0 bridgehead atoms. The van der Waals surface area contributed by atoms with E-state index in [9.17, 15) is 4.79 Å². The number of aryl methyl sites for hydroxylation is 1. The predicted molar refractivity (Wildman–Crippen MR) is 105 cm³/mol. The zero-order chi connectivity index (χ0) is 19.2. The second-order valence-electron chi connectivity index (χ2n) is 7.00. The van der Waals surface area contributed by atoms with Gasteiger partial charge in [0.2, 0.25) is 11.9 Å². The third-order valence-corrected chi connectivity index (χ3v) is 4.52. The number of rotatable bonds is 6. The number of nitrogens with zero attached hydrogens (tertiary/aromatic N) is 6. The van der Waals surface area contributed by atoms with E-state index in [4.69, 9.17) is 4.98 Å². The average molecular weight is 369 g/mol. The van der Waals surface area contributed by atoms with E-state index in [1.165, 1.54) is 0 Å². The molecule has 0 saturated carbocycles. The first-order chi connectivity index (χ1) is 13.0. The SMILES string of the molecule is Cc1cc(N2CCN(C(=O)CCNc3ncccn3)CC2)nc(C(C)C)n1. The average Bonchev–Trinajstić information content (AvgIpc) is 2.68. The molecular formula is C19H27N7O. The Morgan fingerprint density at radius 1 is 1.15 bits per heavy atom. The summed E-state index contributed by atoms with van der Waals surface area (Å²) in [5.41, 5.74) is 0.983. The van der Waals surface area contributed by atoms with Crippen LogP contribution in [0.1, 0.15) is 37.7 Å². The van der Waals surface area contributed by atoms with Crippen LogP contribution >= 0.6 is 0 Å². The van der Waals surface area contributed by atoms with Crippen LogP contribution in [0.2, 0.25) is 0 Å². The van der Waals surface area contributed by atoms with E-state index in [-0.39, 0.29) is 5.91 Å². The molecule has 27 heavy (non-hydrogen) atoms. The Hall–Kier alpha value is -2.77. The van der Waals surface area contributed by atoms with Crippen molar-refractivity contribution in [3.05, 3.63) is 36.0 Å². The summed E-state index contributed by atoms with van der Waals surface area (Å²) in [4.78, 5) is 34.0. The molecule has 0 radical (unpaired) electrons. The maximum Gasteiger partial charge on any atom is 0.224 e. The molecule has 0 unspecified atom stereocenters. The first kappa shape index (κ1) is 19.0. The van der Waals surface area contributed by atoms with Gasteiger partial charge in [0, 0.05) is 69.2 Å². The lowest BCUT2D eigenvalue weighted by molar-refractivity contribution is -0.131. The summed E-state index contributed by atoms with van der Waals surface area (Å²) < 4.78 is 0. The molecule has 144 valence electrons. The summed E-state index contributed by atoms with van der Waals surface area (Å²) in [6, 6.07) is 3.78. The van der Waals surface area contributed by atoms with Gasteiger partial charge >= 0.3 is 0 Å². The Labute approximate surface area is 160 Å². The van der Waals surface area contributed by atoms with Crippen LogP contribution < -0.4 is 10.2 Å². The monoisotopic (exact) mass is 369 g/mol. The molecule has 8 heteroatoms. The molecule has 0 atom stereocenters. The number of piperazine rings is 1. The summed E-state index contributed by atoms with van der Waals surface area (Å²) in [6.45, 7) is 9.73. The van der Waals surface area contributed by atoms with Crippen molar-refractivity contribution in [2.24, 2.45) is 0 Å². The maximum absolute atomic E-state index is 12.4. The van der Waals surface area contributed by atoms with Crippen molar-refractivity contribution < 1.29 is 4.79 Å². The van der Waals surface area contributed by atoms with E-state index in [0.717, 1.165) is 30.4 Å². The van der Waals surface area contributed by atoms with Gasteiger partial charge in [-0.05, 0) is 13.0 Å². The molecule has 1 aliphatic heterocycles. The van der Waals surface area contributed by atoms with Crippen molar-refractivity contribution in [1.82, 2.24) is 24.8 Å². The number of aromatic nitrogens is 4. The highest BCUT2D eigenvalue weighted by atomic mass is 16.2. The first-order valence-electron chi connectivity index (χ1n) is 9.42. The van der Waals surface area contributed by atoms with Gasteiger partial charge in [0.1, 0.15) is 11.6 Å². The van der Waals surface area contributed by atoms with Gasteiger partial charge in [-0.1, -0.05) is 13.8 Å². The van der Waals surface area contributed by atoms with Crippen LogP contribution in [-0.2, 0) is 4.79 Å². The lowest BCUT2D eigenvalue weighted by atomic mass is 10.2. The Morgan fingerprint density at radius 2 is 1.85 bits per heavy atom. The van der Waals surface area contributed by atoms with Crippen LogP contribution in [0.25, 0.3) is 0 Å². The topological polar surface area (TPSA) is 87.1 Å². The van der Waals surface area contributed by atoms with Gasteiger partial charge in [-0.2, -0.15) is 0 Å². The zero-order valence-corrected chi connectivity index (χ0v) is 16.2. The Kier molecular flexibility index (Phi) is 6.16. The van der Waals surface area contributed by atoms with E-state index in [1.54, 1.807) is 18.5 Å². The van der Waals surface area contributed by atoms with Crippen molar-refractivity contribution in [2.75, 3.05) is 42.9 Å². The first-order valence-corrected chi connectivity index (χ1v) is 9.42. The standard InChI is InChI=1S/C19H27N7O/c1-14(2)18-23-15(3)13-16(24-18)25-9-11-26(12-10-25)17(27)5-8-22-19-20-6-4-7-21-19/h4,6-7,13-14H,5,8-12H2,1-3H3,(H,20,21,22). The lowest BCUT2D eigenvalue weighted by Crippen LogP contribution is -2.49.